The Labute approximate surface area is 97.2 Å². The molecule has 2 aromatic carbocycles. The Kier molecular flexibility index (Phi) is 3.12. The lowest BCUT2D eigenvalue weighted by molar-refractivity contribution is 0.698. The van der Waals surface area contributed by atoms with Gasteiger partial charge in [0.25, 0.3) is 0 Å². The van der Waals surface area contributed by atoms with E-state index in [0.29, 0.717) is 11.4 Å². The summed E-state index contributed by atoms with van der Waals surface area (Å²) in [7, 11) is 0. The standard InChI is InChI=1S/C12H10N2OS/c13-10-6-7-12(14-16-15)11(8-10)9-4-2-1-3-5-9/h1-8H,13H2. The van der Waals surface area contributed by atoms with Crippen molar-refractivity contribution < 1.29 is 4.21 Å². The fraction of sp³-hybridized carbons (Fsp3) is 0. The first-order valence-electron chi connectivity index (χ1n) is 4.76. The van der Waals surface area contributed by atoms with Crippen molar-refractivity contribution >= 4 is 22.8 Å². The molecule has 0 aliphatic rings. The molecule has 0 bridgehead atoms. The number of rotatable bonds is 2. The van der Waals surface area contributed by atoms with Crippen molar-refractivity contribution in [1.82, 2.24) is 0 Å². The highest BCUT2D eigenvalue weighted by molar-refractivity contribution is 7.54. The summed E-state index contributed by atoms with van der Waals surface area (Å²) < 4.78 is 14.3. The topological polar surface area (TPSA) is 55.4 Å². The van der Waals surface area contributed by atoms with Gasteiger partial charge in [-0.05, 0) is 23.8 Å². The van der Waals surface area contributed by atoms with Gasteiger partial charge in [-0.1, -0.05) is 30.3 Å². The number of anilines is 1. The van der Waals surface area contributed by atoms with Crippen molar-refractivity contribution in [3.05, 3.63) is 48.5 Å². The van der Waals surface area contributed by atoms with E-state index in [-0.39, 0.29) is 11.5 Å². The van der Waals surface area contributed by atoms with Gasteiger partial charge in [-0.2, -0.15) is 8.57 Å². The van der Waals surface area contributed by atoms with Gasteiger partial charge in [0, 0.05) is 11.3 Å². The summed E-state index contributed by atoms with van der Waals surface area (Å²) in [5, 5.41) is 0. The van der Waals surface area contributed by atoms with Crippen LogP contribution in [0.25, 0.3) is 11.1 Å². The van der Waals surface area contributed by atoms with Gasteiger partial charge in [-0.25, -0.2) is 0 Å². The molecule has 0 aliphatic heterocycles. The minimum absolute atomic E-state index is 0.204. The van der Waals surface area contributed by atoms with Crippen molar-refractivity contribution in [3.8, 4) is 11.1 Å². The molecule has 2 N–H and O–H groups in total. The third-order valence-corrected chi connectivity index (χ3v) is 2.51. The van der Waals surface area contributed by atoms with E-state index in [1.807, 2.05) is 36.4 Å². The van der Waals surface area contributed by atoms with Crippen LogP contribution in [-0.4, -0.2) is 4.21 Å². The lowest BCUT2D eigenvalue weighted by Gasteiger charge is -2.05. The molecule has 2 aromatic rings. The molecule has 0 aromatic heterocycles. The minimum Gasteiger partial charge on any atom is -0.399 e. The second-order valence-corrected chi connectivity index (χ2v) is 3.64. The maximum atomic E-state index is 10.5. The van der Waals surface area contributed by atoms with Crippen LogP contribution < -0.4 is 5.73 Å². The highest BCUT2D eigenvalue weighted by atomic mass is 32.1. The van der Waals surface area contributed by atoms with Gasteiger partial charge in [0.2, 0.25) is 11.5 Å². The van der Waals surface area contributed by atoms with Gasteiger partial charge >= 0.3 is 0 Å². The van der Waals surface area contributed by atoms with E-state index in [1.54, 1.807) is 12.1 Å². The van der Waals surface area contributed by atoms with E-state index in [9.17, 15) is 4.21 Å². The molecule has 16 heavy (non-hydrogen) atoms. The van der Waals surface area contributed by atoms with E-state index < -0.39 is 0 Å². The third kappa shape index (κ3) is 2.17. The van der Waals surface area contributed by atoms with Crippen molar-refractivity contribution in [2.75, 3.05) is 5.73 Å². The van der Waals surface area contributed by atoms with E-state index in [1.165, 1.54) is 0 Å². The molecule has 0 unspecified atom stereocenters. The Morgan fingerprint density at radius 3 is 2.50 bits per heavy atom. The van der Waals surface area contributed by atoms with Crippen molar-refractivity contribution in [3.63, 3.8) is 0 Å². The molecule has 3 nitrogen and oxygen atoms in total. The highest BCUT2D eigenvalue weighted by Crippen LogP contribution is 2.31. The number of benzene rings is 2. The summed E-state index contributed by atoms with van der Waals surface area (Å²) >= 11 is 0.204. The average molecular weight is 230 g/mol. The maximum Gasteiger partial charge on any atom is 0.205 e. The van der Waals surface area contributed by atoms with Crippen LogP contribution in [0, 0.1) is 0 Å². The summed E-state index contributed by atoms with van der Waals surface area (Å²) in [5.41, 5.74) is 8.93. The second-order valence-electron chi connectivity index (χ2n) is 3.31. The van der Waals surface area contributed by atoms with E-state index in [4.69, 9.17) is 5.73 Å². The predicted molar refractivity (Wildman–Crippen MR) is 66.5 cm³/mol. The molecule has 0 heterocycles. The van der Waals surface area contributed by atoms with E-state index >= 15 is 0 Å². The first-order chi connectivity index (χ1) is 7.81. The fourth-order valence-corrected chi connectivity index (χ4v) is 1.76. The molecule has 4 heteroatoms. The number of nitrogen functional groups attached to an aromatic ring is 1. The quantitative estimate of drug-likeness (QED) is 0.806. The van der Waals surface area contributed by atoms with Crippen LogP contribution in [0.4, 0.5) is 11.4 Å². The van der Waals surface area contributed by atoms with Gasteiger partial charge in [-0.15, -0.1) is 0 Å². The zero-order valence-electron chi connectivity index (χ0n) is 8.46. The zero-order chi connectivity index (χ0) is 11.4. The van der Waals surface area contributed by atoms with Crippen LogP contribution in [0.5, 0.6) is 0 Å². The Balaban J connectivity index is 2.62. The molecule has 80 valence electrons. The van der Waals surface area contributed by atoms with Crippen molar-refractivity contribution in [2.24, 2.45) is 4.36 Å². The van der Waals surface area contributed by atoms with Crippen molar-refractivity contribution in [1.29, 1.82) is 0 Å². The molecular formula is C12H10N2OS. The maximum absolute atomic E-state index is 10.5. The normalized spacial score (nSPS) is 9.75. The molecule has 0 aliphatic carbocycles. The molecule has 0 radical (unpaired) electrons. The first-order valence-corrected chi connectivity index (χ1v) is 5.46. The van der Waals surface area contributed by atoms with Gasteiger partial charge in [-0.3, -0.25) is 0 Å². The summed E-state index contributed by atoms with van der Waals surface area (Å²) in [4.78, 5) is 0. The second kappa shape index (κ2) is 4.72. The number of hydrogen-bond donors (Lipinski definition) is 1. The molecule has 0 atom stereocenters. The van der Waals surface area contributed by atoms with Crippen LogP contribution in [0.3, 0.4) is 0 Å². The van der Waals surface area contributed by atoms with E-state index in [0.717, 1.165) is 11.1 Å². The van der Waals surface area contributed by atoms with Gasteiger partial charge in [0.15, 0.2) is 0 Å². The van der Waals surface area contributed by atoms with Crippen LogP contribution in [-0.2, 0) is 11.5 Å². The molecule has 0 saturated carbocycles. The van der Waals surface area contributed by atoms with Crippen LogP contribution in [0.1, 0.15) is 0 Å². The smallest absolute Gasteiger partial charge is 0.205 e. The van der Waals surface area contributed by atoms with Gasteiger partial charge in [0.05, 0.1) is 5.69 Å². The molecular weight excluding hydrogens is 220 g/mol. The number of nitrogens with two attached hydrogens (primary N) is 1. The lowest BCUT2D eigenvalue weighted by Crippen LogP contribution is -1.86. The molecule has 0 saturated heterocycles. The SMILES string of the molecule is Nc1ccc(N=S=O)c(-c2ccccc2)c1. The molecule has 0 fully saturated rings. The Morgan fingerprint density at radius 1 is 1.06 bits per heavy atom. The summed E-state index contributed by atoms with van der Waals surface area (Å²) in [6.45, 7) is 0. The van der Waals surface area contributed by atoms with Crippen LogP contribution >= 0.6 is 0 Å². The average Bonchev–Trinajstić information content (AvgIpc) is 2.33. The minimum atomic E-state index is 0.204. The summed E-state index contributed by atoms with van der Waals surface area (Å²) in [6, 6.07) is 15.1. The number of nitrogens with zero attached hydrogens (tertiary/aromatic N) is 1. The van der Waals surface area contributed by atoms with Crippen molar-refractivity contribution in [2.45, 2.75) is 0 Å². The molecule has 0 spiro atoms. The fourth-order valence-electron chi connectivity index (χ4n) is 1.52. The van der Waals surface area contributed by atoms with Gasteiger partial charge < -0.3 is 5.73 Å². The third-order valence-electron chi connectivity index (χ3n) is 2.24. The van der Waals surface area contributed by atoms with E-state index in [2.05, 4.69) is 4.36 Å². The molecule has 0 amide bonds. The Bertz CT molecular complexity index is 548. The Hall–Kier alpha value is -1.94. The molecule has 2 rings (SSSR count). The lowest BCUT2D eigenvalue weighted by atomic mass is 10.0. The van der Waals surface area contributed by atoms with Crippen LogP contribution in [0.15, 0.2) is 52.9 Å². The Morgan fingerprint density at radius 2 is 1.81 bits per heavy atom. The zero-order valence-corrected chi connectivity index (χ0v) is 9.28. The first kappa shape index (κ1) is 10.6. The summed E-state index contributed by atoms with van der Waals surface area (Å²) in [6.07, 6.45) is 0. The monoisotopic (exact) mass is 230 g/mol. The highest BCUT2D eigenvalue weighted by Gasteiger charge is 2.04. The predicted octanol–water partition coefficient (Wildman–Crippen LogP) is 2.96. The van der Waals surface area contributed by atoms with Gasteiger partial charge in [0.1, 0.15) is 0 Å². The van der Waals surface area contributed by atoms with Crippen LogP contribution in [0.2, 0.25) is 0 Å². The largest absolute Gasteiger partial charge is 0.399 e. The summed E-state index contributed by atoms with van der Waals surface area (Å²) in [5.74, 6) is 0. The number of hydrogen-bond acceptors (Lipinski definition) is 3.